The van der Waals surface area contributed by atoms with Crippen molar-refractivity contribution in [3.63, 3.8) is 0 Å². The molecule has 0 heterocycles. The third-order valence-corrected chi connectivity index (χ3v) is 4.92. The van der Waals surface area contributed by atoms with Crippen molar-refractivity contribution in [3.05, 3.63) is 74.3 Å². The molecule has 2 amide bonds. The molecule has 0 bridgehead atoms. The molecular weight excluding hydrogens is 422 g/mol. The lowest BCUT2D eigenvalue weighted by atomic mass is 10.0. The number of rotatable bonds is 10. The molecule has 0 aliphatic heterocycles. The summed E-state index contributed by atoms with van der Waals surface area (Å²) in [5.74, 6) is -1.09. The van der Waals surface area contributed by atoms with Gasteiger partial charge in [-0.1, -0.05) is 49.7 Å². The molecule has 0 aliphatic rings. The van der Waals surface area contributed by atoms with Gasteiger partial charge in [0.2, 0.25) is 5.91 Å². The van der Waals surface area contributed by atoms with Crippen LogP contribution in [0.15, 0.2) is 42.5 Å². The zero-order valence-corrected chi connectivity index (χ0v) is 18.4. The largest absolute Gasteiger partial charge is 0.377 e. The number of ether oxygens (including phenoxy) is 1. The van der Waals surface area contributed by atoms with Gasteiger partial charge in [-0.25, -0.2) is 0 Å². The molecular formula is C22H26ClN3O5. The van der Waals surface area contributed by atoms with Crippen LogP contribution < -0.4 is 10.6 Å². The Kier molecular flexibility index (Phi) is 8.96. The molecule has 0 spiro atoms. The van der Waals surface area contributed by atoms with Gasteiger partial charge in [-0.05, 0) is 30.0 Å². The highest BCUT2D eigenvalue weighted by molar-refractivity contribution is 6.34. The molecule has 166 valence electrons. The smallest absolute Gasteiger partial charge is 0.270 e. The second-order valence-electron chi connectivity index (χ2n) is 7.29. The third kappa shape index (κ3) is 7.04. The van der Waals surface area contributed by atoms with Crippen molar-refractivity contribution < 1.29 is 19.2 Å². The first-order valence-corrected chi connectivity index (χ1v) is 10.3. The normalized spacial score (nSPS) is 11.8. The first kappa shape index (κ1) is 24.3. The highest BCUT2D eigenvalue weighted by Crippen LogP contribution is 2.22. The number of amides is 2. The van der Waals surface area contributed by atoms with Gasteiger partial charge >= 0.3 is 0 Å². The van der Waals surface area contributed by atoms with Crippen LogP contribution in [0.3, 0.4) is 0 Å². The number of nitrogens with zero attached hydrogens (tertiary/aromatic N) is 1. The van der Waals surface area contributed by atoms with Crippen LogP contribution in [0.2, 0.25) is 5.02 Å². The van der Waals surface area contributed by atoms with Crippen LogP contribution in [-0.2, 0) is 22.7 Å². The molecule has 1 atom stereocenters. The molecule has 0 aliphatic carbocycles. The first-order chi connectivity index (χ1) is 14.7. The lowest BCUT2D eigenvalue weighted by Crippen LogP contribution is -2.49. The number of carbonyl (C=O) groups excluding carboxylic acids is 2. The second-order valence-corrected chi connectivity index (χ2v) is 7.70. The minimum atomic E-state index is -0.795. The standard InChI is InChI=1S/C22H26ClN3O5/c1-4-31-13-16-7-5-15(6-8-16)12-24-22(28)20(14(2)3)25-21(27)18-10-9-17(26(29)30)11-19(18)23/h5-11,14,20H,4,12-13H2,1-3H3,(H,24,28)(H,25,27). The van der Waals surface area contributed by atoms with Crippen molar-refractivity contribution in [1.29, 1.82) is 0 Å². The fourth-order valence-corrected chi connectivity index (χ4v) is 3.09. The van der Waals surface area contributed by atoms with E-state index >= 15 is 0 Å². The lowest BCUT2D eigenvalue weighted by Gasteiger charge is -2.22. The van der Waals surface area contributed by atoms with Gasteiger partial charge in [0.1, 0.15) is 6.04 Å². The summed E-state index contributed by atoms with van der Waals surface area (Å²) in [5.41, 5.74) is 1.81. The van der Waals surface area contributed by atoms with E-state index in [4.69, 9.17) is 16.3 Å². The maximum absolute atomic E-state index is 12.7. The van der Waals surface area contributed by atoms with Gasteiger partial charge in [-0.2, -0.15) is 0 Å². The predicted octanol–water partition coefficient (Wildman–Crippen LogP) is 3.86. The van der Waals surface area contributed by atoms with Gasteiger partial charge in [-0.3, -0.25) is 19.7 Å². The number of hydrogen-bond donors (Lipinski definition) is 2. The van der Waals surface area contributed by atoms with Crippen LogP contribution in [0.5, 0.6) is 0 Å². The van der Waals surface area contributed by atoms with E-state index in [1.165, 1.54) is 12.1 Å². The predicted molar refractivity (Wildman–Crippen MR) is 118 cm³/mol. The molecule has 0 aromatic heterocycles. The monoisotopic (exact) mass is 447 g/mol. The zero-order chi connectivity index (χ0) is 23.0. The Morgan fingerprint density at radius 1 is 1.13 bits per heavy atom. The van der Waals surface area contributed by atoms with Crippen molar-refractivity contribution in [2.75, 3.05) is 6.61 Å². The van der Waals surface area contributed by atoms with E-state index in [9.17, 15) is 19.7 Å². The Balaban J connectivity index is 2.00. The average molecular weight is 448 g/mol. The molecule has 8 nitrogen and oxygen atoms in total. The van der Waals surface area contributed by atoms with Crippen LogP contribution in [0.4, 0.5) is 5.69 Å². The van der Waals surface area contributed by atoms with Gasteiger partial charge in [0.05, 0.1) is 22.1 Å². The molecule has 1 unspecified atom stereocenters. The number of nitrogens with one attached hydrogen (secondary N) is 2. The molecule has 0 saturated carbocycles. The average Bonchev–Trinajstić information content (AvgIpc) is 2.74. The van der Waals surface area contributed by atoms with Gasteiger partial charge in [0.25, 0.3) is 11.6 Å². The number of hydrogen-bond acceptors (Lipinski definition) is 5. The summed E-state index contributed by atoms with van der Waals surface area (Å²) in [7, 11) is 0. The maximum atomic E-state index is 12.7. The highest BCUT2D eigenvalue weighted by atomic mass is 35.5. The van der Waals surface area contributed by atoms with E-state index in [0.717, 1.165) is 17.2 Å². The second kappa shape index (κ2) is 11.4. The van der Waals surface area contributed by atoms with Crippen molar-refractivity contribution in [2.45, 2.75) is 40.0 Å². The molecule has 0 radical (unpaired) electrons. The molecule has 9 heteroatoms. The highest BCUT2D eigenvalue weighted by Gasteiger charge is 2.26. The lowest BCUT2D eigenvalue weighted by molar-refractivity contribution is -0.384. The van der Waals surface area contributed by atoms with Crippen LogP contribution >= 0.6 is 11.6 Å². The number of nitro groups is 1. The van der Waals surface area contributed by atoms with E-state index in [1.54, 1.807) is 0 Å². The van der Waals surface area contributed by atoms with Crippen LogP contribution in [0, 0.1) is 16.0 Å². The summed E-state index contributed by atoms with van der Waals surface area (Å²) >= 11 is 6.02. The van der Waals surface area contributed by atoms with Gasteiger partial charge in [0.15, 0.2) is 0 Å². The fraction of sp³-hybridized carbons (Fsp3) is 0.364. The topological polar surface area (TPSA) is 111 Å². The quantitative estimate of drug-likeness (QED) is 0.424. The summed E-state index contributed by atoms with van der Waals surface area (Å²) in [4.78, 5) is 35.5. The molecule has 2 rings (SSSR count). The van der Waals surface area contributed by atoms with Crippen molar-refractivity contribution in [3.8, 4) is 0 Å². The molecule has 2 aromatic carbocycles. The van der Waals surface area contributed by atoms with Crippen LogP contribution in [0.1, 0.15) is 42.3 Å². The van der Waals surface area contributed by atoms with Gasteiger partial charge in [-0.15, -0.1) is 0 Å². The molecule has 0 fully saturated rings. The minimum absolute atomic E-state index is 0.0539. The summed E-state index contributed by atoms with van der Waals surface area (Å²) < 4.78 is 5.36. The van der Waals surface area contributed by atoms with E-state index in [0.29, 0.717) is 19.8 Å². The maximum Gasteiger partial charge on any atom is 0.270 e. The van der Waals surface area contributed by atoms with E-state index < -0.39 is 16.9 Å². The summed E-state index contributed by atoms with van der Waals surface area (Å²) in [6.45, 7) is 7.05. The van der Waals surface area contributed by atoms with E-state index in [-0.39, 0.29) is 28.1 Å². The van der Waals surface area contributed by atoms with E-state index in [2.05, 4.69) is 10.6 Å². The SMILES string of the molecule is CCOCc1ccc(CNC(=O)C(NC(=O)c2ccc([N+](=O)[O-])cc2Cl)C(C)C)cc1. The number of benzene rings is 2. The number of nitro benzene ring substituents is 1. The summed E-state index contributed by atoms with van der Waals surface area (Å²) in [5, 5.41) is 16.3. The Labute approximate surface area is 186 Å². The molecule has 0 saturated heterocycles. The number of halogens is 1. The van der Waals surface area contributed by atoms with Gasteiger partial charge in [0, 0.05) is 25.3 Å². The van der Waals surface area contributed by atoms with Crippen molar-refractivity contribution in [2.24, 2.45) is 5.92 Å². The minimum Gasteiger partial charge on any atom is -0.377 e. The summed E-state index contributed by atoms with van der Waals surface area (Å²) in [6.07, 6.45) is 0. The Hall–Kier alpha value is -2.97. The van der Waals surface area contributed by atoms with E-state index in [1.807, 2.05) is 45.0 Å². The van der Waals surface area contributed by atoms with Crippen LogP contribution in [-0.4, -0.2) is 29.4 Å². The molecule has 2 aromatic rings. The van der Waals surface area contributed by atoms with Crippen LogP contribution in [0.25, 0.3) is 0 Å². The Bertz CT molecular complexity index is 931. The Morgan fingerprint density at radius 2 is 1.77 bits per heavy atom. The Morgan fingerprint density at radius 3 is 2.32 bits per heavy atom. The van der Waals surface area contributed by atoms with Crippen molar-refractivity contribution >= 4 is 29.1 Å². The number of carbonyl (C=O) groups is 2. The molecule has 31 heavy (non-hydrogen) atoms. The number of non-ortho nitro benzene ring substituents is 1. The molecule has 2 N–H and O–H groups in total. The zero-order valence-electron chi connectivity index (χ0n) is 17.7. The van der Waals surface area contributed by atoms with Gasteiger partial charge < -0.3 is 15.4 Å². The van der Waals surface area contributed by atoms with Crippen molar-refractivity contribution in [1.82, 2.24) is 10.6 Å². The third-order valence-electron chi connectivity index (χ3n) is 4.61. The summed E-state index contributed by atoms with van der Waals surface area (Å²) in [6, 6.07) is 10.5. The fourth-order valence-electron chi connectivity index (χ4n) is 2.83. The first-order valence-electron chi connectivity index (χ1n) is 9.91.